The number of carboxylic acid groups (broad SMARTS) is 1. The van der Waals surface area contributed by atoms with Crippen molar-refractivity contribution >= 4 is 18.4 Å². The van der Waals surface area contributed by atoms with E-state index >= 15 is 0 Å². The monoisotopic (exact) mass is 323 g/mol. The molecule has 1 atom stereocenters. The Bertz CT molecular complexity index is 254. The number of nitrogens with two attached hydrogens (primary N) is 1. The second kappa shape index (κ2) is 12.3. The largest absolute Gasteiger partial charge is 0.481 e. The van der Waals surface area contributed by atoms with Gasteiger partial charge in [-0.2, -0.15) is 0 Å². The SMILES string of the molecule is CC(C)C(C)(N)C(C)C.CC(C)C(C)CCCC(=O)O.Cl. The zero-order valence-corrected chi connectivity index (χ0v) is 16.1. The highest BCUT2D eigenvalue weighted by Gasteiger charge is 2.26. The van der Waals surface area contributed by atoms with Gasteiger partial charge in [-0.1, -0.05) is 48.5 Å². The van der Waals surface area contributed by atoms with Crippen LogP contribution in [0, 0.1) is 23.7 Å². The van der Waals surface area contributed by atoms with Crippen LogP contribution < -0.4 is 5.73 Å². The minimum absolute atomic E-state index is 0. The van der Waals surface area contributed by atoms with Crippen molar-refractivity contribution in [3.05, 3.63) is 0 Å². The Kier molecular flexibility index (Phi) is 15.0. The standard InChI is InChI=1S/C9H18O2.C8H19N.ClH/c1-7(2)8(3)5-4-6-9(10)11;1-6(2)8(5,9)7(3)4;/h7-8H,4-6H2,1-3H3,(H,10,11);6-7H,9H2,1-5H3;1H. The molecule has 0 aromatic heterocycles. The third kappa shape index (κ3) is 13.1. The molecule has 4 heteroatoms. The van der Waals surface area contributed by atoms with Crippen LogP contribution in [0.25, 0.3) is 0 Å². The highest BCUT2D eigenvalue weighted by molar-refractivity contribution is 5.85. The van der Waals surface area contributed by atoms with E-state index in [1.807, 2.05) is 0 Å². The van der Waals surface area contributed by atoms with Crippen molar-refractivity contribution in [2.45, 2.75) is 80.2 Å². The maximum Gasteiger partial charge on any atom is 0.303 e. The highest BCUT2D eigenvalue weighted by atomic mass is 35.5. The molecule has 0 radical (unpaired) electrons. The topological polar surface area (TPSA) is 63.3 Å². The number of carbonyl (C=O) groups is 1. The smallest absolute Gasteiger partial charge is 0.303 e. The van der Waals surface area contributed by atoms with Gasteiger partial charge in [0.15, 0.2) is 0 Å². The second-order valence-electron chi connectivity index (χ2n) is 7.18. The molecule has 0 aromatic carbocycles. The summed E-state index contributed by atoms with van der Waals surface area (Å²) in [4.78, 5) is 10.2. The molecule has 1 unspecified atom stereocenters. The predicted molar refractivity (Wildman–Crippen MR) is 95.0 cm³/mol. The molecule has 0 amide bonds. The summed E-state index contributed by atoms with van der Waals surface area (Å²) in [5.41, 5.74) is 6.00. The first-order chi connectivity index (χ1) is 8.92. The molecule has 0 aliphatic heterocycles. The Morgan fingerprint density at radius 3 is 1.62 bits per heavy atom. The van der Waals surface area contributed by atoms with Gasteiger partial charge in [-0.15, -0.1) is 12.4 Å². The molecule has 0 heterocycles. The summed E-state index contributed by atoms with van der Waals surface area (Å²) in [5.74, 6) is 1.77. The lowest BCUT2D eigenvalue weighted by molar-refractivity contribution is -0.137. The maximum atomic E-state index is 10.2. The van der Waals surface area contributed by atoms with Gasteiger partial charge < -0.3 is 10.8 Å². The molecule has 0 aliphatic carbocycles. The average molecular weight is 324 g/mol. The van der Waals surface area contributed by atoms with Crippen LogP contribution in [-0.2, 0) is 4.79 Å². The Morgan fingerprint density at radius 2 is 1.43 bits per heavy atom. The van der Waals surface area contributed by atoms with Crippen LogP contribution in [0.3, 0.4) is 0 Å². The van der Waals surface area contributed by atoms with Crippen molar-refractivity contribution in [3.8, 4) is 0 Å². The minimum atomic E-state index is -0.680. The lowest BCUT2D eigenvalue weighted by Gasteiger charge is -2.33. The molecule has 0 saturated carbocycles. The number of hydrogen-bond donors (Lipinski definition) is 2. The van der Waals surface area contributed by atoms with E-state index in [1.165, 1.54) is 0 Å². The number of aliphatic carboxylic acids is 1. The minimum Gasteiger partial charge on any atom is -0.481 e. The fraction of sp³-hybridized carbons (Fsp3) is 0.941. The molecule has 21 heavy (non-hydrogen) atoms. The third-order valence-corrected chi connectivity index (χ3v) is 4.68. The van der Waals surface area contributed by atoms with E-state index in [0.29, 0.717) is 30.1 Å². The first-order valence-electron chi connectivity index (χ1n) is 7.93. The first-order valence-corrected chi connectivity index (χ1v) is 7.93. The molecule has 0 rings (SSSR count). The summed E-state index contributed by atoms with van der Waals surface area (Å²) in [7, 11) is 0. The van der Waals surface area contributed by atoms with Crippen molar-refractivity contribution in [1.82, 2.24) is 0 Å². The maximum absolute atomic E-state index is 10.2. The zero-order chi connectivity index (χ0) is 16.5. The summed E-state index contributed by atoms with van der Waals surface area (Å²) in [6, 6.07) is 0. The van der Waals surface area contributed by atoms with E-state index < -0.39 is 5.97 Å². The summed E-state index contributed by atoms with van der Waals surface area (Å²) in [6.07, 6.45) is 2.16. The van der Waals surface area contributed by atoms with Gasteiger partial charge in [0, 0.05) is 12.0 Å². The Labute approximate surface area is 138 Å². The number of halogens is 1. The number of hydrogen-bond acceptors (Lipinski definition) is 2. The second-order valence-corrected chi connectivity index (χ2v) is 7.18. The van der Waals surface area contributed by atoms with Crippen LogP contribution in [0.4, 0.5) is 0 Å². The molecule has 0 fully saturated rings. The van der Waals surface area contributed by atoms with E-state index in [9.17, 15) is 4.79 Å². The lowest BCUT2D eigenvalue weighted by atomic mass is 9.80. The quantitative estimate of drug-likeness (QED) is 0.695. The molecule has 3 N–H and O–H groups in total. The predicted octanol–water partition coefficient (Wildman–Crippen LogP) is 4.97. The van der Waals surface area contributed by atoms with Crippen LogP contribution in [0.2, 0.25) is 0 Å². The van der Waals surface area contributed by atoms with Crippen LogP contribution in [0.5, 0.6) is 0 Å². The van der Waals surface area contributed by atoms with Gasteiger partial charge >= 0.3 is 5.97 Å². The van der Waals surface area contributed by atoms with Crippen LogP contribution in [0.15, 0.2) is 0 Å². The molecule has 0 aromatic rings. The third-order valence-electron chi connectivity index (χ3n) is 4.68. The van der Waals surface area contributed by atoms with Crippen molar-refractivity contribution in [3.63, 3.8) is 0 Å². The Hall–Kier alpha value is -0.280. The van der Waals surface area contributed by atoms with Crippen molar-refractivity contribution < 1.29 is 9.90 Å². The van der Waals surface area contributed by atoms with Gasteiger partial charge in [-0.05, 0) is 43.4 Å². The van der Waals surface area contributed by atoms with Gasteiger partial charge in [-0.3, -0.25) is 4.79 Å². The van der Waals surface area contributed by atoms with E-state index in [-0.39, 0.29) is 17.9 Å². The molecule has 0 spiro atoms. The number of carboxylic acids is 1. The van der Waals surface area contributed by atoms with Crippen molar-refractivity contribution in [2.75, 3.05) is 0 Å². The molecule has 0 saturated heterocycles. The van der Waals surface area contributed by atoms with Gasteiger partial charge in [0.25, 0.3) is 0 Å². The summed E-state index contributed by atoms with van der Waals surface area (Å²) in [6.45, 7) is 17.3. The van der Waals surface area contributed by atoms with Gasteiger partial charge in [0.2, 0.25) is 0 Å². The summed E-state index contributed by atoms with van der Waals surface area (Å²) >= 11 is 0. The van der Waals surface area contributed by atoms with Crippen LogP contribution >= 0.6 is 12.4 Å². The fourth-order valence-corrected chi connectivity index (χ4v) is 1.58. The molecular weight excluding hydrogens is 286 g/mol. The summed E-state index contributed by atoms with van der Waals surface area (Å²) < 4.78 is 0. The molecule has 3 nitrogen and oxygen atoms in total. The van der Waals surface area contributed by atoms with Crippen LogP contribution in [0.1, 0.15) is 74.7 Å². The van der Waals surface area contributed by atoms with Gasteiger partial charge in [-0.25, -0.2) is 0 Å². The van der Waals surface area contributed by atoms with E-state index in [1.54, 1.807) is 0 Å². The first kappa shape index (κ1) is 25.7. The summed E-state index contributed by atoms with van der Waals surface area (Å²) in [5, 5.41) is 8.36. The molecule has 130 valence electrons. The Balaban J connectivity index is -0.000000300. The van der Waals surface area contributed by atoms with Gasteiger partial charge in [0.05, 0.1) is 0 Å². The van der Waals surface area contributed by atoms with E-state index in [0.717, 1.165) is 12.8 Å². The van der Waals surface area contributed by atoms with Crippen LogP contribution in [-0.4, -0.2) is 16.6 Å². The normalized spacial score (nSPS) is 12.8. The molecular formula is C17H38ClNO2. The molecule has 0 bridgehead atoms. The van der Waals surface area contributed by atoms with Gasteiger partial charge in [0.1, 0.15) is 0 Å². The zero-order valence-electron chi connectivity index (χ0n) is 15.3. The fourth-order valence-electron chi connectivity index (χ4n) is 1.58. The lowest BCUT2D eigenvalue weighted by Crippen LogP contribution is -2.46. The van der Waals surface area contributed by atoms with Crippen molar-refractivity contribution in [1.29, 1.82) is 0 Å². The molecule has 0 aliphatic rings. The number of rotatable bonds is 7. The average Bonchev–Trinajstić information content (AvgIpc) is 2.28. The Morgan fingerprint density at radius 1 is 1.05 bits per heavy atom. The van der Waals surface area contributed by atoms with E-state index in [4.69, 9.17) is 10.8 Å². The van der Waals surface area contributed by atoms with Crippen molar-refractivity contribution in [2.24, 2.45) is 29.4 Å². The van der Waals surface area contributed by atoms with E-state index in [2.05, 4.69) is 55.4 Å². The highest BCUT2D eigenvalue weighted by Crippen LogP contribution is 2.21.